The lowest BCUT2D eigenvalue weighted by Gasteiger charge is -2.35. The van der Waals surface area contributed by atoms with Gasteiger partial charge in [0, 0.05) is 39.3 Å². The van der Waals surface area contributed by atoms with Crippen LogP contribution in [0.15, 0.2) is 24.3 Å². The maximum absolute atomic E-state index is 12.1. The van der Waals surface area contributed by atoms with E-state index in [-0.39, 0.29) is 12.1 Å². The highest BCUT2D eigenvalue weighted by molar-refractivity contribution is 5.74. The molecule has 0 radical (unpaired) electrons. The van der Waals surface area contributed by atoms with E-state index in [9.17, 15) is 9.90 Å². The van der Waals surface area contributed by atoms with Gasteiger partial charge in [-0.25, -0.2) is 4.79 Å². The summed E-state index contributed by atoms with van der Waals surface area (Å²) < 4.78 is 5.11. The van der Waals surface area contributed by atoms with Crippen molar-refractivity contribution >= 4 is 6.03 Å². The Bertz CT molecular complexity index is 468. The molecule has 2 rings (SSSR count). The number of amides is 2. The zero-order chi connectivity index (χ0) is 15.9. The number of carbonyl (C=O) groups excluding carboxylic acids is 1. The van der Waals surface area contributed by atoms with Gasteiger partial charge in [-0.3, -0.25) is 4.90 Å². The summed E-state index contributed by atoms with van der Waals surface area (Å²) in [5.74, 6) is 0.810. The molecule has 6 nitrogen and oxygen atoms in total. The second-order valence-electron chi connectivity index (χ2n) is 5.64. The normalized spacial score (nSPS) is 17.1. The van der Waals surface area contributed by atoms with E-state index in [1.807, 2.05) is 29.2 Å². The molecule has 0 saturated carbocycles. The molecule has 122 valence electrons. The van der Waals surface area contributed by atoms with Gasteiger partial charge in [0.2, 0.25) is 0 Å². The van der Waals surface area contributed by atoms with Crippen LogP contribution in [0.2, 0.25) is 0 Å². The first-order valence-corrected chi connectivity index (χ1v) is 7.64. The zero-order valence-corrected chi connectivity index (χ0v) is 13.3. The van der Waals surface area contributed by atoms with Gasteiger partial charge in [-0.05, 0) is 24.6 Å². The number of β-amino-alcohol motifs (C(OH)–C–C–N with tert-alkyl or cyclic N) is 1. The number of aliphatic hydroxyl groups excluding tert-OH is 1. The van der Waals surface area contributed by atoms with Crippen LogP contribution in [0.4, 0.5) is 4.79 Å². The van der Waals surface area contributed by atoms with Gasteiger partial charge in [-0.1, -0.05) is 12.1 Å². The molecule has 0 aliphatic carbocycles. The SMILES string of the molecule is COc1ccc(CNC(=O)N2CCN(C[C@@H](C)O)CC2)cc1. The number of ether oxygens (including phenoxy) is 1. The van der Waals surface area contributed by atoms with Crippen molar-refractivity contribution in [2.45, 2.75) is 19.6 Å². The molecule has 1 atom stereocenters. The summed E-state index contributed by atoms with van der Waals surface area (Å²) in [7, 11) is 1.63. The lowest BCUT2D eigenvalue weighted by Crippen LogP contribution is -2.52. The maximum Gasteiger partial charge on any atom is 0.317 e. The van der Waals surface area contributed by atoms with Gasteiger partial charge in [-0.2, -0.15) is 0 Å². The monoisotopic (exact) mass is 307 g/mol. The Hall–Kier alpha value is -1.79. The molecule has 0 unspecified atom stereocenters. The van der Waals surface area contributed by atoms with Gasteiger partial charge in [-0.15, -0.1) is 0 Å². The van der Waals surface area contributed by atoms with Gasteiger partial charge < -0.3 is 20.1 Å². The molecule has 1 heterocycles. The predicted molar refractivity (Wildman–Crippen MR) is 84.9 cm³/mol. The lowest BCUT2D eigenvalue weighted by molar-refractivity contribution is 0.0897. The number of methoxy groups -OCH3 is 1. The van der Waals surface area contributed by atoms with Crippen LogP contribution >= 0.6 is 0 Å². The molecule has 22 heavy (non-hydrogen) atoms. The summed E-state index contributed by atoms with van der Waals surface area (Å²) in [6, 6.07) is 7.62. The average Bonchev–Trinajstić information content (AvgIpc) is 2.53. The minimum atomic E-state index is -0.324. The zero-order valence-electron chi connectivity index (χ0n) is 13.3. The topological polar surface area (TPSA) is 65.0 Å². The number of rotatable bonds is 5. The summed E-state index contributed by atoms with van der Waals surface area (Å²) in [4.78, 5) is 16.1. The Morgan fingerprint density at radius 2 is 1.91 bits per heavy atom. The minimum Gasteiger partial charge on any atom is -0.497 e. The van der Waals surface area contributed by atoms with Crippen LogP contribution in [0, 0.1) is 0 Å². The summed E-state index contributed by atoms with van der Waals surface area (Å²) in [6.07, 6.45) is -0.324. The third-order valence-electron chi connectivity index (χ3n) is 3.78. The number of benzene rings is 1. The van der Waals surface area contributed by atoms with Crippen molar-refractivity contribution in [1.29, 1.82) is 0 Å². The smallest absolute Gasteiger partial charge is 0.317 e. The molecular formula is C16H25N3O3. The number of urea groups is 1. The Morgan fingerprint density at radius 3 is 2.45 bits per heavy atom. The molecule has 2 N–H and O–H groups in total. The first kappa shape index (κ1) is 16.6. The second-order valence-corrected chi connectivity index (χ2v) is 5.64. The molecule has 1 aliphatic rings. The first-order chi connectivity index (χ1) is 10.6. The van der Waals surface area contributed by atoms with Crippen LogP contribution in [0.25, 0.3) is 0 Å². The molecule has 0 aromatic heterocycles. The average molecular weight is 307 g/mol. The number of piperazine rings is 1. The van der Waals surface area contributed by atoms with Crippen LogP contribution in [-0.2, 0) is 6.54 Å². The highest BCUT2D eigenvalue weighted by Gasteiger charge is 2.21. The van der Waals surface area contributed by atoms with E-state index in [1.54, 1.807) is 14.0 Å². The predicted octanol–water partition coefficient (Wildman–Crippen LogP) is 0.903. The molecule has 1 aromatic rings. The highest BCUT2D eigenvalue weighted by Crippen LogP contribution is 2.11. The third kappa shape index (κ3) is 4.89. The van der Waals surface area contributed by atoms with Crippen molar-refractivity contribution in [2.75, 3.05) is 39.8 Å². The molecule has 0 bridgehead atoms. The van der Waals surface area contributed by atoms with Gasteiger partial charge >= 0.3 is 6.03 Å². The summed E-state index contributed by atoms with van der Waals surface area (Å²) in [5, 5.41) is 12.3. The lowest BCUT2D eigenvalue weighted by atomic mass is 10.2. The van der Waals surface area contributed by atoms with Gasteiger partial charge in [0.05, 0.1) is 13.2 Å². The van der Waals surface area contributed by atoms with Crippen LogP contribution in [0.5, 0.6) is 5.75 Å². The fourth-order valence-electron chi connectivity index (χ4n) is 2.54. The fraction of sp³-hybridized carbons (Fsp3) is 0.562. The van der Waals surface area contributed by atoms with Crippen molar-refractivity contribution in [2.24, 2.45) is 0 Å². The Balaban J connectivity index is 1.73. The van der Waals surface area contributed by atoms with Crippen molar-refractivity contribution < 1.29 is 14.6 Å². The van der Waals surface area contributed by atoms with Gasteiger partial charge in [0.1, 0.15) is 5.75 Å². The number of hydrogen-bond acceptors (Lipinski definition) is 4. The van der Waals surface area contributed by atoms with Gasteiger partial charge in [0.15, 0.2) is 0 Å². The van der Waals surface area contributed by atoms with E-state index >= 15 is 0 Å². The third-order valence-corrected chi connectivity index (χ3v) is 3.78. The summed E-state index contributed by atoms with van der Waals surface area (Å²) >= 11 is 0. The molecule has 1 aliphatic heterocycles. The molecule has 2 amide bonds. The molecular weight excluding hydrogens is 282 g/mol. The van der Waals surface area contributed by atoms with Crippen LogP contribution < -0.4 is 10.1 Å². The number of nitrogens with one attached hydrogen (secondary N) is 1. The summed E-state index contributed by atoms with van der Waals surface area (Å²) in [5.41, 5.74) is 1.04. The maximum atomic E-state index is 12.1. The second kappa shape index (κ2) is 8.00. The van der Waals surface area contributed by atoms with Crippen molar-refractivity contribution in [1.82, 2.24) is 15.1 Å². The highest BCUT2D eigenvalue weighted by atomic mass is 16.5. The summed E-state index contributed by atoms with van der Waals surface area (Å²) in [6.45, 7) is 5.97. The van der Waals surface area contributed by atoms with E-state index in [4.69, 9.17) is 4.74 Å². The number of aliphatic hydroxyl groups is 1. The Morgan fingerprint density at radius 1 is 1.27 bits per heavy atom. The van der Waals surface area contributed by atoms with Crippen molar-refractivity contribution in [3.8, 4) is 5.75 Å². The van der Waals surface area contributed by atoms with Crippen molar-refractivity contribution in [3.63, 3.8) is 0 Å². The molecule has 6 heteroatoms. The van der Waals surface area contributed by atoms with Crippen LogP contribution in [0.1, 0.15) is 12.5 Å². The standard InChI is InChI=1S/C16H25N3O3/c1-13(20)12-18-7-9-19(10-8-18)16(21)17-11-14-3-5-15(22-2)6-4-14/h3-6,13,20H,7-12H2,1-2H3,(H,17,21)/t13-/m1/s1. The number of nitrogens with zero attached hydrogens (tertiary/aromatic N) is 2. The Labute approximate surface area is 131 Å². The molecule has 1 saturated heterocycles. The van der Waals surface area contributed by atoms with Crippen LogP contribution in [0.3, 0.4) is 0 Å². The number of hydrogen-bond donors (Lipinski definition) is 2. The first-order valence-electron chi connectivity index (χ1n) is 7.64. The quantitative estimate of drug-likeness (QED) is 0.848. The van der Waals surface area contributed by atoms with E-state index in [0.29, 0.717) is 26.2 Å². The van der Waals surface area contributed by atoms with E-state index in [2.05, 4.69) is 10.2 Å². The van der Waals surface area contributed by atoms with E-state index in [1.165, 1.54) is 0 Å². The van der Waals surface area contributed by atoms with E-state index < -0.39 is 0 Å². The fourth-order valence-corrected chi connectivity index (χ4v) is 2.54. The molecule has 1 aromatic carbocycles. The van der Waals surface area contributed by atoms with Crippen LogP contribution in [-0.4, -0.2) is 66.9 Å². The Kier molecular flexibility index (Phi) is 6.03. The largest absolute Gasteiger partial charge is 0.497 e. The number of carbonyl (C=O) groups is 1. The van der Waals surface area contributed by atoms with E-state index in [0.717, 1.165) is 24.4 Å². The molecule has 0 spiro atoms. The molecule has 1 fully saturated rings. The minimum absolute atomic E-state index is 0.0347. The van der Waals surface area contributed by atoms with Crippen molar-refractivity contribution in [3.05, 3.63) is 29.8 Å². The van der Waals surface area contributed by atoms with Gasteiger partial charge in [0.25, 0.3) is 0 Å².